The Morgan fingerprint density at radius 2 is 1.60 bits per heavy atom. The maximum Gasteiger partial charge on any atom is 0.407 e. The number of nitrogens with one attached hydrogen (secondary N) is 4. The monoisotopic (exact) mass is 968 g/mol. The third-order valence-electron chi connectivity index (χ3n) is 11.5. The van der Waals surface area contributed by atoms with Gasteiger partial charge in [-0.05, 0) is 86.7 Å². The molecular formula is C49H57FN8O12. The number of carbonyl (C=O) groups is 7. The molecule has 6 rings (SSSR count). The van der Waals surface area contributed by atoms with Crippen molar-refractivity contribution >= 4 is 58.2 Å². The predicted molar refractivity (Wildman–Crippen MR) is 252 cm³/mol. The molecule has 70 heavy (non-hydrogen) atoms. The largest absolute Gasteiger partial charge is 0.461 e. The van der Waals surface area contributed by atoms with E-state index in [-0.39, 0.29) is 89.7 Å². The van der Waals surface area contributed by atoms with Crippen LogP contribution in [0.15, 0.2) is 65.5 Å². The predicted octanol–water partition coefficient (Wildman–Crippen LogP) is 3.16. The molecule has 372 valence electrons. The summed E-state index contributed by atoms with van der Waals surface area (Å²) in [4.78, 5) is 106. The first kappa shape index (κ1) is 52.0. The summed E-state index contributed by atoms with van der Waals surface area (Å²) in [6.45, 7) is 5.62. The lowest BCUT2D eigenvalue weighted by molar-refractivity contribution is -0.144. The van der Waals surface area contributed by atoms with Gasteiger partial charge in [0.15, 0.2) is 0 Å². The minimum absolute atomic E-state index is 0.0312. The number of rotatable bonds is 25. The molecule has 2 atom stereocenters. The molecule has 2 aliphatic rings. The molecule has 0 spiro atoms. The molecule has 0 bridgehead atoms. The molecule has 2 aromatic heterocycles. The average molecular weight is 969 g/mol. The van der Waals surface area contributed by atoms with Gasteiger partial charge in [0, 0.05) is 54.2 Å². The van der Waals surface area contributed by atoms with Gasteiger partial charge in [0.25, 0.3) is 17.4 Å². The van der Waals surface area contributed by atoms with Gasteiger partial charge in [-0.25, -0.2) is 14.2 Å². The fraction of sp³-hybridized carbons (Fsp3) is 0.408. The summed E-state index contributed by atoms with van der Waals surface area (Å²) in [7, 11) is 0. The highest BCUT2D eigenvalue weighted by molar-refractivity contribution is 6.12. The van der Waals surface area contributed by atoms with Gasteiger partial charge in [-0.15, -0.1) is 0 Å². The van der Waals surface area contributed by atoms with Crippen LogP contribution in [0.4, 0.5) is 14.9 Å². The number of imide groups is 1. The van der Waals surface area contributed by atoms with E-state index >= 15 is 0 Å². The first-order valence-electron chi connectivity index (χ1n) is 23.0. The summed E-state index contributed by atoms with van der Waals surface area (Å²) in [5.41, 5.74) is 9.60. The Morgan fingerprint density at radius 3 is 2.31 bits per heavy atom. The van der Waals surface area contributed by atoms with E-state index in [0.29, 0.717) is 69.6 Å². The molecule has 0 unspecified atom stereocenters. The minimum Gasteiger partial charge on any atom is -0.461 e. The second kappa shape index (κ2) is 24.8. The number of carbonyl (C=O) groups excluding carboxylic acids is 7. The van der Waals surface area contributed by atoms with Gasteiger partial charge >= 0.3 is 12.1 Å². The third kappa shape index (κ3) is 13.7. The molecule has 6 amide bonds. The van der Waals surface area contributed by atoms with Crippen LogP contribution in [-0.2, 0) is 74.0 Å². The van der Waals surface area contributed by atoms with Crippen LogP contribution in [0.3, 0.4) is 0 Å². The number of pyridine rings is 2. The minimum atomic E-state index is -0.969. The van der Waals surface area contributed by atoms with Crippen molar-refractivity contribution in [3.63, 3.8) is 0 Å². The summed E-state index contributed by atoms with van der Waals surface area (Å²) < 4.78 is 37.8. The molecule has 20 nitrogen and oxygen atoms in total. The zero-order valence-corrected chi connectivity index (χ0v) is 39.2. The summed E-state index contributed by atoms with van der Waals surface area (Å²) in [6.07, 6.45) is 3.22. The molecule has 0 radical (unpaired) electrons. The van der Waals surface area contributed by atoms with Crippen LogP contribution in [0, 0.1) is 12.7 Å². The van der Waals surface area contributed by atoms with E-state index in [0.717, 1.165) is 4.90 Å². The van der Waals surface area contributed by atoms with Gasteiger partial charge in [-0.1, -0.05) is 19.1 Å². The average Bonchev–Trinajstić information content (AvgIpc) is 3.88. The number of hydrogen-bond acceptors (Lipinski definition) is 14. The fourth-order valence-electron chi connectivity index (χ4n) is 7.60. The lowest BCUT2D eigenvalue weighted by Gasteiger charge is -2.21. The van der Waals surface area contributed by atoms with E-state index in [2.05, 4.69) is 21.3 Å². The topological polar surface area (TPSA) is 269 Å². The van der Waals surface area contributed by atoms with Crippen LogP contribution in [0.2, 0.25) is 0 Å². The van der Waals surface area contributed by atoms with Gasteiger partial charge in [0.05, 0.1) is 62.0 Å². The van der Waals surface area contributed by atoms with Crippen molar-refractivity contribution in [2.24, 2.45) is 5.73 Å². The van der Waals surface area contributed by atoms with Gasteiger partial charge in [0.1, 0.15) is 31.1 Å². The maximum absolute atomic E-state index is 14.8. The van der Waals surface area contributed by atoms with Gasteiger partial charge in [0.2, 0.25) is 17.7 Å². The van der Waals surface area contributed by atoms with E-state index in [1.807, 2.05) is 0 Å². The molecular weight excluding hydrogens is 912 g/mol. The van der Waals surface area contributed by atoms with Gasteiger partial charge < -0.3 is 50.5 Å². The van der Waals surface area contributed by atoms with Crippen molar-refractivity contribution in [2.75, 3.05) is 44.8 Å². The molecule has 2 aliphatic heterocycles. The number of amides is 6. The fourth-order valence-corrected chi connectivity index (χ4v) is 7.60. The van der Waals surface area contributed by atoms with Crippen LogP contribution >= 0.6 is 0 Å². The van der Waals surface area contributed by atoms with E-state index in [1.165, 1.54) is 29.7 Å². The van der Waals surface area contributed by atoms with Crippen molar-refractivity contribution in [2.45, 2.75) is 91.3 Å². The number of aryl methyl sites for hydroxylation is 1. The molecule has 0 saturated carbocycles. The number of ether oxygens (including phenoxy) is 4. The number of nitrogens with zero attached hydrogens (tertiary/aromatic N) is 3. The molecule has 0 saturated heterocycles. The highest BCUT2D eigenvalue weighted by Crippen LogP contribution is 2.36. The number of benzene rings is 2. The molecule has 21 heteroatoms. The maximum atomic E-state index is 14.8. The summed E-state index contributed by atoms with van der Waals surface area (Å²) in [5, 5.41) is 11.5. The van der Waals surface area contributed by atoms with Crippen molar-refractivity contribution in [1.29, 1.82) is 0 Å². The number of hydrogen-bond donors (Lipinski definition) is 5. The van der Waals surface area contributed by atoms with Crippen LogP contribution in [0.25, 0.3) is 22.3 Å². The van der Waals surface area contributed by atoms with Gasteiger partial charge in [-0.2, -0.15) is 0 Å². The Labute approximate surface area is 402 Å². The Kier molecular flexibility index (Phi) is 18.4. The number of halogens is 1. The zero-order chi connectivity index (χ0) is 50.3. The van der Waals surface area contributed by atoms with Gasteiger partial charge in [-0.3, -0.25) is 38.5 Å². The molecule has 0 fully saturated rings. The summed E-state index contributed by atoms with van der Waals surface area (Å²) in [5.74, 6) is -3.18. The molecule has 6 N–H and O–H groups in total. The highest BCUT2D eigenvalue weighted by atomic mass is 19.1. The second-order valence-electron chi connectivity index (χ2n) is 16.6. The second-order valence-corrected chi connectivity index (χ2v) is 16.6. The third-order valence-corrected chi connectivity index (χ3v) is 11.5. The van der Waals surface area contributed by atoms with Crippen molar-refractivity contribution in [3.8, 4) is 11.4 Å². The molecule has 2 aromatic carbocycles. The Bertz CT molecular complexity index is 2690. The number of anilines is 1. The van der Waals surface area contributed by atoms with Crippen molar-refractivity contribution in [3.05, 3.63) is 105 Å². The summed E-state index contributed by atoms with van der Waals surface area (Å²) >= 11 is 0. The van der Waals surface area contributed by atoms with Crippen LogP contribution in [-0.4, -0.2) is 108 Å². The number of unbranched alkanes of at least 4 members (excludes halogenated alkanes) is 1. The lowest BCUT2D eigenvalue weighted by atomic mass is 9.99. The quantitative estimate of drug-likeness (QED) is 0.0320. The molecule has 4 heterocycles. The van der Waals surface area contributed by atoms with Crippen molar-refractivity contribution in [1.82, 2.24) is 30.4 Å². The highest BCUT2D eigenvalue weighted by Gasteiger charge is 2.29. The Hall–Kier alpha value is -7.36. The van der Waals surface area contributed by atoms with Crippen LogP contribution < -0.4 is 32.6 Å². The van der Waals surface area contributed by atoms with E-state index in [4.69, 9.17) is 29.7 Å². The molecule has 4 aromatic rings. The van der Waals surface area contributed by atoms with Crippen molar-refractivity contribution < 1.29 is 56.9 Å². The first-order chi connectivity index (χ1) is 33.7. The zero-order valence-electron chi connectivity index (χ0n) is 39.2. The number of esters is 1. The Balaban J connectivity index is 0.967. The number of nitrogens with two attached hydrogens (primary N) is 1. The first-order valence-corrected chi connectivity index (χ1v) is 23.0. The normalized spacial score (nSPS) is 13.4. The SMILES string of the molecule is CCC(=O)OCc1ccc2n(c1=O)Cc1c-2nc2cc(F)c(C)cc2c1CNC(=O)OCc1ccc(NC(=O)[C@H](CCCCN)NC(=O)[C@H](C)NC(=O)CCOCCOCCN2C(=O)C=CC2=O)cc1. The Morgan fingerprint density at radius 1 is 0.871 bits per heavy atom. The standard InChI is InChI=1S/C49H57FN8O12/c1-4-44(62)69-28-32-10-13-40-45-36(26-58(40)48(32)65)35(34-23-29(2)37(50)24-39(34)55-45)25-52-49(66)70-27-31-8-11-33(12-9-31)54-47(64)38(7-5-6-17-51)56-46(63)30(3)53-41(59)16-19-67-21-22-68-20-18-57-42(60)14-15-43(57)61/h8-15,23-24,30,38H,4-7,16-22,25-28,51H2,1-3H3,(H,52,66)(H,53,59)(H,54,64)(H,56,63)/t30-,38-/m0/s1. The smallest absolute Gasteiger partial charge is 0.407 e. The van der Waals surface area contributed by atoms with E-state index in [9.17, 15) is 42.7 Å². The number of aromatic nitrogens is 2. The lowest BCUT2D eigenvalue weighted by Crippen LogP contribution is -2.51. The van der Waals surface area contributed by atoms with Crippen LogP contribution in [0.1, 0.15) is 73.8 Å². The van der Waals surface area contributed by atoms with E-state index < -0.39 is 59.5 Å². The number of fused-ring (bicyclic) bond motifs is 4. The number of alkyl carbamates (subject to hydrolysis) is 1. The molecule has 0 aliphatic carbocycles. The summed E-state index contributed by atoms with van der Waals surface area (Å²) in [6, 6.07) is 10.9. The van der Waals surface area contributed by atoms with E-state index in [1.54, 1.807) is 56.3 Å². The van der Waals surface area contributed by atoms with Crippen LogP contribution in [0.5, 0.6) is 0 Å².